The van der Waals surface area contributed by atoms with Crippen LogP contribution >= 0.6 is 11.6 Å². The minimum absolute atomic E-state index is 0.0208. The van der Waals surface area contributed by atoms with Crippen LogP contribution in [0.15, 0.2) is 12.1 Å². The van der Waals surface area contributed by atoms with Gasteiger partial charge in [0, 0.05) is 0 Å². The quantitative estimate of drug-likeness (QED) is 0.332. The molecule has 1 rings (SSSR count). The fraction of sp³-hybridized carbons (Fsp3) is 0.273. The Labute approximate surface area is 103 Å². The Kier molecular flexibility index (Phi) is 4.66. The molecule has 3 nitrogen and oxygen atoms in total. The van der Waals surface area contributed by atoms with E-state index in [9.17, 15) is 4.79 Å². The minimum Gasteiger partial charge on any atom is -0.464 e. The maximum atomic E-state index is 11.2. The van der Waals surface area contributed by atoms with Crippen molar-refractivity contribution >= 4 is 28.5 Å². The van der Waals surface area contributed by atoms with E-state index >= 15 is 0 Å². The Morgan fingerprint density at radius 3 is 2.69 bits per heavy atom. The molecule has 0 radical (unpaired) electrons. The van der Waals surface area contributed by atoms with Gasteiger partial charge in [0.25, 0.3) is 0 Å². The van der Waals surface area contributed by atoms with Crippen LogP contribution in [0.3, 0.4) is 0 Å². The molecular weight excluding hydrogens is 246 g/mol. The summed E-state index contributed by atoms with van der Waals surface area (Å²) < 4.78 is 4.53. The second-order valence-corrected chi connectivity index (χ2v) is 5.27. The molecule has 0 aromatic carbocycles. The van der Waals surface area contributed by atoms with Crippen molar-refractivity contribution in [3.05, 3.63) is 28.5 Å². The van der Waals surface area contributed by atoms with Gasteiger partial charge in [-0.3, -0.25) is 0 Å². The van der Waals surface area contributed by atoms with Gasteiger partial charge in [0.15, 0.2) is 5.25 Å². The predicted molar refractivity (Wildman–Crippen MR) is 66.7 cm³/mol. The second kappa shape index (κ2) is 5.78. The highest BCUT2D eigenvalue weighted by atomic mass is 35.5. The number of ether oxygens (including phenoxy) is 1. The standard InChI is InChI=1S/C11H11ClNO2S/c1-15-11(14)9-5-4-8(10(12)13-9)6-7-16(2)3/h4-5H,1-3H3/q+1. The van der Waals surface area contributed by atoms with Crippen LogP contribution in [0.2, 0.25) is 5.15 Å². The van der Waals surface area contributed by atoms with Crippen molar-refractivity contribution in [2.75, 3.05) is 19.6 Å². The Bertz CT molecular complexity index is 463. The SMILES string of the molecule is COC(=O)c1ccc(C#C[S+](C)C)c(Cl)n1. The summed E-state index contributed by atoms with van der Waals surface area (Å²) in [6.07, 6.45) is 4.02. The summed E-state index contributed by atoms with van der Waals surface area (Å²) in [5.74, 6) is 2.41. The number of halogens is 1. The number of esters is 1. The number of aromatic nitrogens is 1. The number of nitrogens with zero attached hydrogens (tertiary/aromatic N) is 1. The third kappa shape index (κ3) is 3.44. The molecule has 0 amide bonds. The zero-order chi connectivity index (χ0) is 12.1. The Hall–Kier alpha value is -1.18. The number of methoxy groups -OCH3 is 1. The molecule has 1 aromatic heterocycles. The second-order valence-electron chi connectivity index (χ2n) is 3.07. The lowest BCUT2D eigenvalue weighted by atomic mass is 10.2. The molecule has 84 valence electrons. The van der Waals surface area contributed by atoms with Gasteiger partial charge in [0.05, 0.1) is 23.6 Å². The van der Waals surface area contributed by atoms with Crippen molar-refractivity contribution in [3.8, 4) is 11.2 Å². The third-order valence-corrected chi connectivity index (χ3v) is 2.43. The molecule has 16 heavy (non-hydrogen) atoms. The van der Waals surface area contributed by atoms with Gasteiger partial charge in [0.1, 0.15) is 23.4 Å². The minimum atomic E-state index is -0.507. The topological polar surface area (TPSA) is 39.2 Å². The van der Waals surface area contributed by atoms with Gasteiger partial charge >= 0.3 is 5.97 Å². The van der Waals surface area contributed by atoms with Crippen LogP contribution in [0.4, 0.5) is 0 Å². The Morgan fingerprint density at radius 1 is 1.50 bits per heavy atom. The highest BCUT2D eigenvalue weighted by Gasteiger charge is 2.09. The van der Waals surface area contributed by atoms with Crippen molar-refractivity contribution in [2.45, 2.75) is 0 Å². The average molecular weight is 257 g/mol. The molecule has 1 heterocycles. The summed E-state index contributed by atoms with van der Waals surface area (Å²) in [6.45, 7) is 0. The van der Waals surface area contributed by atoms with E-state index in [0.29, 0.717) is 5.56 Å². The maximum Gasteiger partial charge on any atom is 0.356 e. The van der Waals surface area contributed by atoms with Gasteiger partial charge in [-0.15, -0.1) is 0 Å². The first-order valence-electron chi connectivity index (χ1n) is 4.38. The highest BCUT2D eigenvalue weighted by molar-refractivity contribution is 8.00. The first-order chi connectivity index (χ1) is 7.54. The maximum absolute atomic E-state index is 11.2. The van der Waals surface area contributed by atoms with E-state index in [1.165, 1.54) is 7.11 Å². The lowest BCUT2D eigenvalue weighted by Gasteiger charge is -1.99. The van der Waals surface area contributed by atoms with E-state index in [1.54, 1.807) is 12.1 Å². The predicted octanol–water partition coefficient (Wildman–Crippen LogP) is 1.71. The Morgan fingerprint density at radius 2 is 2.19 bits per heavy atom. The van der Waals surface area contributed by atoms with Crippen molar-refractivity contribution in [3.63, 3.8) is 0 Å². The van der Waals surface area contributed by atoms with Crippen LogP contribution in [-0.2, 0) is 15.6 Å². The van der Waals surface area contributed by atoms with Crippen molar-refractivity contribution in [1.29, 1.82) is 0 Å². The van der Waals surface area contributed by atoms with Crippen LogP contribution in [0.25, 0.3) is 0 Å². The van der Waals surface area contributed by atoms with Crippen molar-refractivity contribution in [1.82, 2.24) is 4.98 Å². The number of carbonyl (C=O) groups excluding carboxylic acids is 1. The molecule has 0 aliphatic rings. The number of pyridine rings is 1. The molecule has 0 aliphatic carbocycles. The van der Waals surface area contributed by atoms with E-state index in [2.05, 4.69) is 20.9 Å². The average Bonchev–Trinajstić information content (AvgIpc) is 2.26. The van der Waals surface area contributed by atoms with Crippen LogP contribution in [0, 0.1) is 11.2 Å². The summed E-state index contributed by atoms with van der Waals surface area (Å²) in [7, 11) is 1.32. The lowest BCUT2D eigenvalue weighted by Crippen LogP contribution is -2.04. The van der Waals surface area contributed by atoms with E-state index in [4.69, 9.17) is 11.6 Å². The normalized spacial score (nSPS) is 9.56. The summed E-state index contributed by atoms with van der Waals surface area (Å²) in [5.41, 5.74) is 0.806. The molecule has 0 bridgehead atoms. The van der Waals surface area contributed by atoms with Gasteiger partial charge in [-0.25, -0.2) is 9.78 Å². The van der Waals surface area contributed by atoms with Gasteiger partial charge < -0.3 is 4.74 Å². The fourth-order valence-corrected chi connectivity index (χ4v) is 1.42. The molecule has 0 unspecified atom stereocenters. The van der Waals surface area contributed by atoms with Gasteiger partial charge in [0.2, 0.25) is 0 Å². The van der Waals surface area contributed by atoms with E-state index in [0.717, 1.165) is 0 Å². The summed E-state index contributed by atoms with van der Waals surface area (Å²) in [4.78, 5) is 15.1. The molecule has 0 saturated heterocycles. The molecule has 1 aromatic rings. The zero-order valence-electron chi connectivity index (χ0n) is 9.20. The number of rotatable bonds is 1. The molecule has 0 aliphatic heterocycles. The molecule has 0 fully saturated rings. The molecule has 0 saturated carbocycles. The molecule has 0 spiro atoms. The van der Waals surface area contributed by atoms with Crippen LogP contribution in [0.5, 0.6) is 0 Å². The first-order valence-corrected chi connectivity index (χ1v) is 6.80. The first kappa shape index (κ1) is 12.9. The highest BCUT2D eigenvalue weighted by Crippen LogP contribution is 2.13. The van der Waals surface area contributed by atoms with Crippen LogP contribution in [-0.4, -0.2) is 30.6 Å². The molecule has 5 heteroatoms. The molecule has 0 atom stereocenters. The van der Waals surface area contributed by atoms with E-state index < -0.39 is 5.97 Å². The van der Waals surface area contributed by atoms with Crippen molar-refractivity contribution < 1.29 is 9.53 Å². The van der Waals surface area contributed by atoms with Gasteiger partial charge in [-0.05, 0) is 18.1 Å². The van der Waals surface area contributed by atoms with Crippen molar-refractivity contribution in [2.24, 2.45) is 0 Å². The van der Waals surface area contributed by atoms with E-state index in [1.807, 2.05) is 12.5 Å². The largest absolute Gasteiger partial charge is 0.464 e. The monoisotopic (exact) mass is 256 g/mol. The van der Waals surface area contributed by atoms with Crippen LogP contribution in [0.1, 0.15) is 16.1 Å². The molecular formula is C11H11ClNO2S+. The number of hydrogen-bond acceptors (Lipinski definition) is 3. The summed E-state index contributed by atoms with van der Waals surface area (Å²) in [5, 5.41) is 3.23. The zero-order valence-corrected chi connectivity index (χ0v) is 10.8. The van der Waals surface area contributed by atoms with Gasteiger partial charge in [-0.1, -0.05) is 11.6 Å². The number of carbonyl (C=O) groups is 1. The fourth-order valence-electron chi connectivity index (χ4n) is 0.903. The third-order valence-electron chi connectivity index (χ3n) is 1.63. The smallest absolute Gasteiger partial charge is 0.356 e. The van der Waals surface area contributed by atoms with Gasteiger partial charge in [-0.2, -0.15) is 0 Å². The Balaban J connectivity index is 3.02. The van der Waals surface area contributed by atoms with E-state index in [-0.39, 0.29) is 21.7 Å². The number of hydrogen-bond donors (Lipinski definition) is 0. The summed E-state index contributed by atoms with van der Waals surface area (Å²) in [6, 6.07) is 3.21. The summed E-state index contributed by atoms with van der Waals surface area (Å²) >= 11 is 5.90. The van der Waals surface area contributed by atoms with Crippen LogP contribution < -0.4 is 0 Å². The lowest BCUT2D eigenvalue weighted by molar-refractivity contribution is 0.0594. The molecule has 0 N–H and O–H groups in total.